The van der Waals surface area contributed by atoms with Gasteiger partial charge < -0.3 is 4.57 Å². The maximum atomic E-state index is 13.1. The SMILES string of the molecule is CCc1ccc(Cn2c(-c3ccc(C=O)cc3)cc(C)c(C#N)c2=O)c(C)c1. The Morgan fingerprint density at radius 2 is 1.75 bits per heavy atom. The quantitative estimate of drug-likeness (QED) is 0.624. The molecular formula is C24H22N2O2. The zero-order chi connectivity index (χ0) is 20.3. The molecule has 28 heavy (non-hydrogen) atoms. The van der Waals surface area contributed by atoms with Gasteiger partial charge in [-0.3, -0.25) is 9.59 Å². The van der Waals surface area contributed by atoms with Crippen LogP contribution in [0.25, 0.3) is 11.3 Å². The van der Waals surface area contributed by atoms with Crippen LogP contribution in [0.1, 0.15) is 45.1 Å². The van der Waals surface area contributed by atoms with E-state index in [1.54, 1.807) is 23.6 Å². The summed E-state index contributed by atoms with van der Waals surface area (Å²) in [7, 11) is 0. The van der Waals surface area contributed by atoms with Gasteiger partial charge in [-0.1, -0.05) is 49.4 Å². The number of carbonyl (C=O) groups is 1. The molecule has 0 spiro atoms. The number of nitrogens with zero attached hydrogens (tertiary/aromatic N) is 2. The maximum Gasteiger partial charge on any atom is 0.269 e. The van der Waals surface area contributed by atoms with E-state index in [4.69, 9.17) is 0 Å². The predicted octanol–water partition coefficient (Wildman–Crippen LogP) is 4.43. The number of nitriles is 1. The van der Waals surface area contributed by atoms with Gasteiger partial charge in [-0.2, -0.15) is 5.26 Å². The average Bonchev–Trinajstić information content (AvgIpc) is 2.71. The van der Waals surface area contributed by atoms with Gasteiger partial charge in [0.2, 0.25) is 0 Å². The molecule has 0 radical (unpaired) electrons. The van der Waals surface area contributed by atoms with Crippen LogP contribution >= 0.6 is 0 Å². The molecule has 140 valence electrons. The average molecular weight is 370 g/mol. The number of rotatable bonds is 5. The van der Waals surface area contributed by atoms with Gasteiger partial charge in [0.05, 0.1) is 12.2 Å². The highest BCUT2D eigenvalue weighted by Crippen LogP contribution is 2.23. The van der Waals surface area contributed by atoms with Crippen molar-refractivity contribution in [2.45, 2.75) is 33.7 Å². The smallest absolute Gasteiger partial charge is 0.269 e. The largest absolute Gasteiger partial charge is 0.303 e. The molecule has 0 aliphatic heterocycles. The number of aldehydes is 1. The van der Waals surface area contributed by atoms with Crippen molar-refractivity contribution in [3.63, 3.8) is 0 Å². The molecule has 0 saturated carbocycles. The highest BCUT2D eigenvalue weighted by atomic mass is 16.1. The molecule has 3 rings (SSSR count). The van der Waals surface area contributed by atoms with Gasteiger partial charge in [0.15, 0.2) is 0 Å². The summed E-state index contributed by atoms with van der Waals surface area (Å²) in [5.41, 5.74) is 6.07. The summed E-state index contributed by atoms with van der Waals surface area (Å²) >= 11 is 0. The molecule has 0 atom stereocenters. The van der Waals surface area contributed by atoms with Gasteiger partial charge in [-0.25, -0.2) is 0 Å². The van der Waals surface area contributed by atoms with Crippen LogP contribution in [0.4, 0.5) is 0 Å². The first-order valence-electron chi connectivity index (χ1n) is 9.27. The van der Waals surface area contributed by atoms with Crippen LogP contribution < -0.4 is 5.56 Å². The van der Waals surface area contributed by atoms with Crippen molar-refractivity contribution in [3.8, 4) is 17.3 Å². The fourth-order valence-corrected chi connectivity index (χ4v) is 3.36. The molecule has 0 aliphatic rings. The third-order valence-electron chi connectivity index (χ3n) is 5.10. The third-order valence-corrected chi connectivity index (χ3v) is 5.10. The first kappa shape index (κ1) is 19.3. The summed E-state index contributed by atoms with van der Waals surface area (Å²) in [6, 6.07) is 17.3. The van der Waals surface area contributed by atoms with E-state index in [1.807, 2.05) is 37.3 Å². The fraction of sp³-hybridized carbons (Fsp3) is 0.208. The zero-order valence-electron chi connectivity index (χ0n) is 16.3. The lowest BCUT2D eigenvalue weighted by Gasteiger charge is -2.17. The Bertz CT molecular complexity index is 1130. The summed E-state index contributed by atoms with van der Waals surface area (Å²) < 4.78 is 1.65. The molecule has 1 heterocycles. The molecular weight excluding hydrogens is 348 g/mol. The van der Waals surface area contributed by atoms with Crippen molar-refractivity contribution in [2.24, 2.45) is 0 Å². The van der Waals surface area contributed by atoms with Crippen LogP contribution in [0.3, 0.4) is 0 Å². The Hall–Kier alpha value is -3.45. The van der Waals surface area contributed by atoms with Gasteiger partial charge >= 0.3 is 0 Å². The van der Waals surface area contributed by atoms with Crippen LogP contribution in [0, 0.1) is 25.2 Å². The molecule has 0 saturated heterocycles. The number of pyridine rings is 1. The molecule has 0 N–H and O–H groups in total. The lowest BCUT2D eigenvalue weighted by molar-refractivity contribution is 0.112. The monoisotopic (exact) mass is 370 g/mol. The van der Waals surface area contributed by atoms with E-state index in [9.17, 15) is 14.9 Å². The van der Waals surface area contributed by atoms with Crippen LogP contribution in [-0.4, -0.2) is 10.9 Å². The zero-order valence-corrected chi connectivity index (χ0v) is 16.3. The van der Waals surface area contributed by atoms with E-state index in [2.05, 4.69) is 19.1 Å². The van der Waals surface area contributed by atoms with Crippen molar-refractivity contribution in [1.82, 2.24) is 4.57 Å². The van der Waals surface area contributed by atoms with Crippen LogP contribution in [0.15, 0.2) is 53.3 Å². The molecule has 0 aliphatic carbocycles. The molecule has 3 aromatic rings. The molecule has 4 heteroatoms. The summed E-state index contributed by atoms with van der Waals surface area (Å²) in [5.74, 6) is 0. The minimum Gasteiger partial charge on any atom is -0.303 e. The van der Waals surface area contributed by atoms with Gasteiger partial charge in [0.25, 0.3) is 5.56 Å². The first-order chi connectivity index (χ1) is 13.5. The number of hydrogen-bond acceptors (Lipinski definition) is 3. The van der Waals surface area contributed by atoms with Crippen molar-refractivity contribution in [2.75, 3.05) is 0 Å². The van der Waals surface area contributed by atoms with Crippen molar-refractivity contribution >= 4 is 6.29 Å². The van der Waals surface area contributed by atoms with Crippen molar-refractivity contribution in [3.05, 3.63) is 92.3 Å². The molecule has 2 aromatic carbocycles. The number of hydrogen-bond donors (Lipinski definition) is 0. The van der Waals surface area contributed by atoms with E-state index in [-0.39, 0.29) is 11.1 Å². The van der Waals surface area contributed by atoms with Gasteiger partial charge in [-0.15, -0.1) is 0 Å². The number of aromatic nitrogens is 1. The van der Waals surface area contributed by atoms with Crippen molar-refractivity contribution in [1.29, 1.82) is 5.26 Å². The van der Waals surface area contributed by atoms with Gasteiger partial charge in [-0.05, 0) is 54.2 Å². The Morgan fingerprint density at radius 1 is 1.04 bits per heavy atom. The van der Waals surface area contributed by atoms with E-state index in [1.165, 1.54) is 5.56 Å². The summed E-state index contributed by atoms with van der Waals surface area (Å²) in [6.45, 7) is 6.31. The number of aryl methyl sites for hydroxylation is 3. The van der Waals surface area contributed by atoms with Gasteiger partial charge in [0, 0.05) is 5.56 Å². The first-order valence-corrected chi connectivity index (χ1v) is 9.27. The Kier molecular flexibility index (Phi) is 5.56. The summed E-state index contributed by atoms with van der Waals surface area (Å²) in [5, 5.41) is 9.44. The third kappa shape index (κ3) is 3.65. The summed E-state index contributed by atoms with van der Waals surface area (Å²) in [6.07, 6.45) is 1.75. The predicted molar refractivity (Wildman–Crippen MR) is 111 cm³/mol. The number of carbonyl (C=O) groups excluding carboxylic acids is 1. The topological polar surface area (TPSA) is 62.9 Å². The molecule has 1 aromatic heterocycles. The molecule has 0 amide bonds. The highest BCUT2D eigenvalue weighted by molar-refractivity contribution is 5.76. The Labute approximate surface area is 164 Å². The van der Waals surface area contributed by atoms with Gasteiger partial charge in [0.1, 0.15) is 17.9 Å². The minimum absolute atomic E-state index is 0.163. The maximum absolute atomic E-state index is 13.1. The lowest BCUT2D eigenvalue weighted by atomic mass is 10.0. The molecule has 0 bridgehead atoms. The van der Waals surface area contributed by atoms with Crippen LogP contribution in [-0.2, 0) is 13.0 Å². The fourth-order valence-electron chi connectivity index (χ4n) is 3.36. The second-order valence-electron chi connectivity index (χ2n) is 6.94. The standard InChI is InChI=1S/C24H22N2O2/c1-4-18-5-10-21(16(2)11-18)14-26-23(12-17(3)22(13-25)24(26)28)20-8-6-19(15-27)7-9-20/h5-12,15H,4,14H2,1-3H3. The second kappa shape index (κ2) is 8.06. The minimum atomic E-state index is -0.295. The highest BCUT2D eigenvalue weighted by Gasteiger charge is 2.15. The van der Waals surface area contributed by atoms with E-state index in [0.29, 0.717) is 17.7 Å². The normalized spacial score (nSPS) is 10.5. The van der Waals surface area contributed by atoms with E-state index >= 15 is 0 Å². The lowest BCUT2D eigenvalue weighted by Crippen LogP contribution is -2.26. The van der Waals surface area contributed by atoms with E-state index < -0.39 is 0 Å². The van der Waals surface area contributed by atoms with E-state index in [0.717, 1.165) is 35.1 Å². The van der Waals surface area contributed by atoms with Crippen LogP contribution in [0.2, 0.25) is 0 Å². The van der Waals surface area contributed by atoms with Crippen LogP contribution in [0.5, 0.6) is 0 Å². The Morgan fingerprint density at radius 3 is 2.32 bits per heavy atom. The number of benzene rings is 2. The Balaban J connectivity index is 2.19. The summed E-state index contributed by atoms with van der Waals surface area (Å²) in [4.78, 5) is 24.0. The van der Waals surface area contributed by atoms with Crippen molar-refractivity contribution < 1.29 is 4.79 Å². The molecule has 0 unspecified atom stereocenters. The second-order valence-corrected chi connectivity index (χ2v) is 6.94. The molecule has 4 nitrogen and oxygen atoms in total. The molecule has 0 fully saturated rings.